The average molecular weight is 311 g/mol. The van der Waals surface area contributed by atoms with Gasteiger partial charge in [-0.1, -0.05) is 25.4 Å². The summed E-state index contributed by atoms with van der Waals surface area (Å²) in [6.07, 6.45) is 6.42. The van der Waals surface area contributed by atoms with Crippen LogP contribution in [0.1, 0.15) is 44.0 Å². The topological polar surface area (TPSA) is 42.7 Å². The Morgan fingerprint density at radius 1 is 1.29 bits per heavy atom. The second kappa shape index (κ2) is 7.52. The molecule has 2 aromatic rings. The van der Waals surface area contributed by atoms with E-state index in [9.17, 15) is 4.39 Å². The van der Waals surface area contributed by atoms with Crippen molar-refractivity contribution in [3.63, 3.8) is 0 Å². The van der Waals surface area contributed by atoms with E-state index in [0.717, 1.165) is 37.2 Å². The molecule has 0 saturated carbocycles. The molecular weight excluding hydrogens is 291 g/mol. The highest BCUT2D eigenvalue weighted by Crippen LogP contribution is 2.28. The van der Waals surface area contributed by atoms with Crippen LogP contribution < -0.4 is 5.32 Å². The molecule has 0 amide bonds. The molecule has 2 aromatic heterocycles. The Labute approximate surface area is 129 Å². The second-order valence-electron chi connectivity index (χ2n) is 4.92. The summed E-state index contributed by atoms with van der Waals surface area (Å²) in [4.78, 5) is 3.94. The molecule has 0 aliphatic heterocycles. The smallest absolute Gasteiger partial charge is 0.141 e. The molecule has 0 bridgehead atoms. The van der Waals surface area contributed by atoms with Gasteiger partial charge in [-0.3, -0.25) is 9.67 Å². The fraction of sp³-hybridized carbons (Fsp3) is 0.467. The maximum atomic E-state index is 13.5. The number of aromatic nitrogens is 3. The van der Waals surface area contributed by atoms with Crippen molar-refractivity contribution in [3.05, 3.63) is 46.8 Å². The van der Waals surface area contributed by atoms with Crippen molar-refractivity contribution in [2.45, 2.75) is 39.3 Å². The molecule has 0 spiro atoms. The zero-order valence-electron chi connectivity index (χ0n) is 12.3. The summed E-state index contributed by atoms with van der Waals surface area (Å²) < 4.78 is 15.4. The minimum Gasteiger partial charge on any atom is -0.305 e. The number of rotatable bonds is 7. The van der Waals surface area contributed by atoms with Gasteiger partial charge in [-0.2, -0.15) is 5.10 Å². The standard InChI is InChI=1S/C15H20ClFN4/c1-3-5-19-14(11-7-12(17)9-18-8-11)15-13(16)10-20-21(15)6-4-2/h7-10,14,19H,3-6H2,1-2H3. The van der Waals surface area contributed by atoms with E-state index in [0.29, 0.717) is 5.02 Å². The summed E-state index contributed by atoms with van der Waals surface area (Å²) in [5.74, 6) is -0.353. The van der Waals surface area contributed by atoms with Crippen molar-refractivity contribution in [1.29, 1.82) is 0 Å². The minimum absolute atomic E-state index is 0.213. The van der Waals surface area contributed by atoms with Gasteiger partial charge in [0, 0.05) is 12.7 Å². The number of aryl methyl sites for hydroxylation is 1. The van der Waals surface area contributed by atoms with Crippen LogP contribution >= 0.6 is 11.6 Å². The van der Waals surface area contributed by atoms with E-state index in [2.05, 4.69) is 29.2 Å². The highest BCUT2D eigenvalue weighted by molar-refractivity contribution is 6.31. The number of hydrogen-bond donors (Lipinski definition) is 1. The summed E-state index contributed by atoms with van der Waals surface area (Å²) in [7, 11) is 0. The van der Waals surface area contributed by atoms with E-state index >= 15 is 0 Å². The zero-order chi connectivity index (χ0) is 15.2. The molecule has 0 fully saturated rings. The zero-order valence-corrected chi connectivity index (χ0v) is 13.1. The van der Waals surface area contributed by atoms with Crippen LogP contribution in [0.25, 0.3) is 0 Å². The lowest BCUT2D eigenvalue weighted by molar-refractivity contribution is 0.508. The van der Waals surface area contributed by atoms with Crippen molar-refractivity contribution < 1.29 is 4.39 Å². The molecule has 21 heavy (non-hydrogen) atoms. The van der Waals surface area contributed by atoms with Gasteiger partial charge in [0.2, 0.25) is 0 Å². The van der Waals surface area contributed by atoms with Gasteiger partial charge >= 0.3 is 0 Å². The first-order chi connectivity index (χ1) is 10.2. The van der Waals surface area contributed by atoms with Gasteiger partial charge in [-0.05, 0) is 31.0 Å². The summed E-state index contributed by atoms with van der Waals surface area (Å²) in [6.45, 7) is 5.74. The first-order valence-electron chi connectivity index (χ1n) is 7.22. The molecule has 0 aliphatic rings. The van der Waals surface area contributed by atoms with E-state index in [1.807, 2.05) is 4.68 Å². The number of pyridine rings is 1. The minimum atomic E-state index is -0.353. The number of nitrogens with one attached hydrogen (secondary N) is 1. The maximum absolute atomic E-state index is 13.5. The van der Waals surface area contributed by atoms with Gasteiger partial charge in [0.05, 0.1) is 29.2 Å². The maximum Gasteiger partial charge on any atom is 0.141 e. The Kier molecular flexibility index (Phi) is 5.70. The molecule has 1 atom stereocenters. The van der Waals surface area contributed by atoms with E-state index in [-0.39, 0.29) is 11.9 Å². The van der Waals surface area contributed by atoms with Crippen molar-refractivity contribution in [2.75, 3.05) is 6.54 Å². The summed E-state index contributed by atoms with van der Waals surface area (Å²) in [6, 6.07) is 1.27. The second-order valence-corrected chi connectivity index (χ2v) is 5.33. The van der Waals surface area contributed by atoms with Gasteiger partial charge in [-0.25, -0.2) is 4.39 Å². The predicted molar refractivity (Wildman–Crippen MR) is 81.9 cm³/mol. The molecule has 1 N–H and O–H groups in total. The van der Waals surface area contributed by atoms with Crippen LogP contribution in [0.5, 0.6) is 0 Å². The van der Waals surface area contributed by atoms with Crippen molar-refractivity contribution >= 4 is 11.6 Å². The Morgan fingerprint density at radius 3 is 2.76 bits per heavy atom. The third kappa shape index (κ3) is 3.80. The Bertz CT molecular complexity index is 585. The molecule has 6 heteroatoms. The Morgan fingerprint density at radius 2 is 2.10 bits per heavy atom. The van der Waals surface area contributed by atoms with E-state index < -0.39 is 0 Å². The Hall–Kier alpha value is -1.46. The van der Waals surface area contributed by atoms with E-state index in [4.69, 9.17) is 11.6 Å². The molecule has 1 unspecified atom stereocenters. The molecule has 114 valence electrons. The van der Waals surface area contributed by atoms with Gasteiger partial charge in [-0.15, -0.1) is 0 Å². The monoisotopic (exact) mass is 310 g/mol. The fourth-order valence-electron chi connectivity index (χ4n) is 2.30. The van der Waals surface area contributed by atoms with Crippen LogP contribution in [0.15, 0.2) is 24.7 Å². The van der Waals surface area contributed by atoms with E-state index in [1.165, 1.54) is 12.3 Å². The van der Waals surface area contributed by atoms with Crippen LogP contribution in [-0.2, 0) is 6.54 Å². The quantitative estimate of drug-likeness (QED) is 0.850. The van der Waals surface area contributed by atoms with Crippen molar-refractivity contribution in [2.24, 2.45) is 0 Å². The number of nitrogens with zero attached hydrogens (tertiary/aromatic N) is 3. The molecule has 0 radical (unpaired) electrons. The molecular formula is C15H20ClFN4. The summed E-state index contributed by atoms with van der Waals surface area (Å²) >= 11 is 6.31. The first-order valence-corrected chi connectivity index (χ1v) is 7.60. The number of halogens is 2. The van der Waals surface area contributed by atoms with Gasteiger partial charge in [0.15, 0.2) is 0 Å². The third-order valence-corrected chi connectivity index (χ3v) is 3.49. The normalized spacial score (nSPS) is 12.6. The fourth-order valence-corrected chi connectivity index (χ4v) is 2.55. The highest BCUT2D eigenvalue weighted by Gasteiger charge is 2.22. The van der Waals surface area contributed by atoms with Crippen LogP contribution in [0.3, 0.4) is 0 Å². The summed E-state index contributed by atoms with van der Waals surface area (Å²) in [5.41, 5.74) is 1.61. The SMILES string of the molecule is CCCNC(c1cncc(F)c1)c1c(Cl)cnn1CCC. The lowest BCUT2D eigenvalue weighted by atomic mass is 10.1. The first kappa shape index (κ1) is 15.9. The van der Waals surface area contributed by atoms with E-state index in [1.54, 1.807) is 12.4 Å². The van der Waals surface area contributed by atoms with Gasteiger partial charge in [0.25, 0.3) is 0 Å². The largest absolute Gasteiger partial charge is 0.305 e. The highest BCUT2D eigenvalue weighted by atomic mass is 35.5. The van der Waals surface area contributed by atoms with Crippen molar-refractivity contribution in [1.82, 2.24) is 20.1 Å². The van der Waals surface area contributed by atoms with Gasteiger partial charge in [0.1, 0.15) is 5.82 Å². The molecule has 0 aliphatic carbocycles. The van der Waals surface area contributed by atoms with Gasteiger partial charge < -0.3 is 5.32 Å². The van der Waals surface area contributed by atoms with Crippen LogP contribution in [0.4, 0.5) is 4.39 Å². The van der Waals surface area contributed by atoms with Crippen molar-refractivity contribution in [3.8, 4) is 0 Å². The molecule has 2 rings (SSSR count). The summed E-state index contributed by atoms with van der Waals surface area (Å²) in [5, 5.41) is 8.30. The molecule has 2 heterocycles. The average Bonchev–Trinajstić information content (AvgIpc) is 2.82. The van der Waals surface area contributed by atoms with Crippen LogP contribution in [-0.4, -0.2) is 21.3 Å². The molecule has 0 saturated heterocycles. The van der Waals surface area contributed by atoms with Crippen LogP contribution in [0.2, 0.25) is 5.02 Å². The molecule has 0 aromatic carbocycles. The lowest BCUT2D eigenvalue weighted by Crippen LogP contribution is -2.26. The third-order valence-electron chi connectivity index (χ3n) is 3.20. The number of hydrogen-bond acceptors (Lipinski definition) is 3. The lowest BCUT2D eigenvalue weighted by Gasteiger charge is -2.21. The molecule has 4 nitrogen and oxygen atoms in total. The predicted octanol–water partition coefficient (Wildman–Crippen LogP) is 3.57. The Balaban J connectivity index is 2.42. The van der Waals surface area contributed by atoms with Crippen LogP contribution in [0, 0.1) is 5.82 Å².